The molecule has 198 valence electrons. The topological polar surface area (TPSA) is 35.0 Å². The van der Waals surface area contributed by atoms with Crippen molar-refractivity contribution in [2.24, 2.45) is 0 Å². The highest BCUT2D eigenvalue weighted by Gasteiger charge is 2.57. The van der Waals surface area contributed by atoms with E-state index in [1.54, 1.807) is 11.8 Å². The third-order valence-electron chi connectivity index (χ3n) is 8.17. The van der Waals surface area contributed by atoms with Crippen LogP contribution in [0.4, 0.5) is 0 Å². The number of aryl methyl sites for hydroxylation is 1. The lowest BCUT2D eigenvalue weighted by Crippen LogP contribution is -2.13. The highest BCUT2D eigenvalue weighted by atomic mass is 35.5. The number of ether oxygens (including phenoxy) is 1. The molecular weight excluding hydrogens is 520 g/mol. The second-order valence-corrected chi connectivity index (χ2v) is 11.9. The molecule has 1 aromatic heterocycles. The van der Waals surface area contributed by atoms with E-state index < -0.39 is 0 Å². The van der Waals surface area contributed by atoms with Crippen LogP contribution in [0.15, 0.2) is 72.4 Å². The molecule has 2 saturated carbocycles. The zero-order valence-corrected chi connectivity index (χ0v) is 24.4. The molecule has 0 atom stereocenters. The third kappa shape index (κ3) is 4.38. The third-order valence-corrected chi connectivity index (χ3v) is 9.03. The van der Waals surface area contributed by atoms with Crippen LogP contribution in [0.1, 0.15) is 77.6 Å². The number of thioether (sulfide) groups is 1. The minimum absolute atomic E-state index is 0.185. The molecule has 6 rings (SSSR count). The molecule has 39 heavy (non-hydrogen) atoms. The molecule has 0 saturated heterocycles. The summed E-state index contributed by atoms with van der Waals surface area (Å²) >= 11 is 8.49. The quantitative estimate of drug-likeness (QED) is 0.196. The van der Waals surface area contributed by atoms with Crippen molar-refractivity contribution in [1.29, 1.82) is 0 Å². The van der Waals surface area contributed by atoms with E-state index in [1.807, 2.05) is 30.5 Å². The Morgan fingerprint density at radius 3 is 2.56 bits per heavy atom. The number of nitrogens with zero attached hydrogens (tertiary/aromatic N) is 2. The first-order valence-electron chi connectivity index (χ1n) is 13.6. The molecule has 0 unspecified atom stereocenters. The normalized spacial score (nSPS) is 17.1. The van der Waals surface area contributed by atoms with Gasteiger partial charge < -0.3 is 4.74 Å². The van der Waals surface area contributed by atoms with Crippen molar-refractivity contribution in [2.45, 2.75) is 62.6 Å². The van der Waals surface area contributed by atoms with Gasteiger partial charge in [-0.15, -0.1) is 0 Å². The van der Waals surface area contributed by atoms with E-state index in [1.165, 1.54) is 11.1 Å². The van der Waals surface area contributed by atoms with Crippen molar-refractivity contribution in [2.75, 3.05) is 6.26 Å². The average Bonchev–Trinajstić information content (AvgIpc) is 3.87. The van der Waals surface area contributed by atoms with Crippen molar-refractivity contribution in [3.8, 4) is 5.88 Å². The summed E-state index contributed by atoms with van der Waals surface area (Å²) in [6, 6.07) is 12.3. The number of aromatic nitrogens is 2. The van der Waals surface area contributed by atoms with Crippen LogP contribution in [0.5, 0.6) is 5.88 Å². The van der Waals surface area contributed by atoms with Gasteiger partial charge in [-0.1, -0.05) is 85.1 Å². The zero-order valence-electron chi connectivity index (χ0n) is 22.8. The smallest absolute Gasteiger partial charge is 0.226 e. The molecule has 2 aromatic carbocycles. The standard InChI is InChI=1S/C34H33ClN2OS/c1-6-11-25-29-31(36-33(39-5)37-32(29)38-19-22-12-9-8-10-13-22)34(16-17-34)30(25)21(4)27-24(7-2)20(3)18-26(35)28(27)23-14-15-23/h6-13,18,23H,2,4,14-17,19H2,1,3,5H3/b11-6-. The molecule has 3 aromatic rings. The van der Waals surface area contributed by atoms with Crippen molar-refractivity contribution < 1.29 is 4.74 Å². The van der Waals surface area contributed by atoms with E-state index in [2.05, 4.69) is 50.8 Å². The van der Waals surface area contributed by atoms with Crippen LogP contribution in [0.2, 0.25) is 5.02 Å². The Labute approximate surface area is 240 Å². The van der Waals surface area contributed by atoms with E-state index in [9.17, 15) is 0 Å². The van der Waals surface area contributed by atoms with E-state index in [-0.39, 0.29) is 5.41 Å². The summed E-state index contributed by atoms with van der Waals surface area (Å²) in [4.78, 5) is 10.0. The molecular formula is C34H33ClN2OS. The predicted molar refractivity (Wildman–Crippen MR) is 165 cm³/mol. The van der Waals surface area contributed by atoms with Crippen LogP contribution in [-0.4, -0.2) is 16.2 Å². The van der Waals surface area contributed by atoms with Gasteiger partial charge in [0.2, 0.25) is 5.88 Å². The van der Waals surface area contributed by atoms with Crippen LogP contribution >= 0.6 is 23.4 Å². The van der Waals surface area contributed by atoms with Crippen LogP contribution in [0, 0.1) is 6.92 Å². The lowest BCUT2D eigenvalue weighted by Gasteiger charge is -2.23. The van der Waals surface area contributed by atoms with E-state index in [0.717, 1.165) is 80.5 Å². The Kier molecular flexibility index (Phi) is 6.81. The van der Waals surface area contributed by atoms with Crippen molar-refractivity contribution >= 4 is 40.6 Å². The van der Waals surface area contributed by atoms with Crippen molar-refractivity contribution in [3.05, 3.63) is 111 Å². The SMILES string of the molecule is C=Cc1c(C)cc(Cl)c(C2CC2)c1C(=C)C1=C(/C=C\C)c2c(OCc3ccccc3)nc(SC)nc2C12CC2. The van der Waals surface area contributed by atoms with Gasteiger partial charge in [0.1, 0.15) is 6.61 Å². The highest BCUT2D eigenvalue weighted by molar-refractivity contribution is 7.98. The summed E-state index contributed by atoms with van der Waals surface area (Å²) in [6.07, 6.45) is 12.6. The van der Waals surface area contributed by atoms with E-state index in [4.69, 9.17) is 32.9 Å². The molecule has 3 aliphatic carbocycles. The summed E-state index contributed by atoms with van der Waals surface area (Å²) in [6.45, 7) is 13.6. The summed E-state index contributed by atoms with van der Waals surface area (Å²) in [5, 5.41) is 1.57. The number of hydrogen-bond acceptors (Lipinski definition) is 4. The Balaban J connectivity index is 1.55. The number of rotatable bonds is 9. The maximum Gasteiger partial charge on any atom is 0.226 e. The number of allylic oxidation sites excluding steroid dienone is 5. The lowest BCUT2D eigenvalue weighted by molar-refractivity contribution is 0.289. The van der Waals surface area contributed by atoms with Crippen LogP contribution in [-0.2, 0) is 12.0 Å². The molecule has 0 amide bonds. The van der Waals surface area contributed by atoms with Gasteiger partial charge in [0, 0.05) is 10.4 Å². The van der Waals surface area contributed by atoms with Gasteiger partial charge >= 0.3 is 0 Å². The molecule has 0 radical (unpaired) electrons. The molecule has 1 heterocycles. The van der Waals surface area contributed by atoms with Gasteiger partial charge in [-0.2, -0.15) is 4.98 Å². The molecule has 2 fully saturated rings. The Morgan fingerprint density at radius 1 is 1.21 bits per heavy atom. The van der Waals surface area contributed by atoms with Crippen molar-refractivity contribution in [3.63, 3.8) is 0 Å². The Morgan fingerprint density at radius 2 is 1.95 bits per heavy atom. The first kappa shape index (κ1) is 26.2. The fourth-order valence-corrected chi connectivity index (χ4v) is 6.89. The summed E-state index contributed by atoms with van der Waals surface area (Å²) in [7, 11) is 0. The molecule has 0 bridgehead atoms. The average molecular weight is 553 g/mol. The number of benzene rings is 2. The van der Waals surface area contributed by atoms with Gasteiger partial charge in [0.25, 0.3) is 0 Å². The fourth-order valence-electron chi connectivity index (χ4n) is 6.12. The minimum Gasteiger partial charge on any atom is -0.472 e. The van der Waals surface area contributed by atoms with Gasteiger partial charge in [-0.3, -0.25) is 0 Å². The largest absolute Gasteiger partial charge is 0.472 e. The molecule has 5 heteroatoms. The summed E-state index contributed by atoms with van der Waals surface area (Å²) in [5.41, 5.74) is 11.0. The van der Waals surface area contributed by atoms with Gasteiger partial charge in [0.05, 0.1) is 11.3 Å². The van der Waals surface area contributed by atoms with Gasteiger partial charge in [-0.25, -0.2) is 4.98 Å². The first-order chi connectivity index (χ1) is 18.9. The maximum absolute atomic E-state index is 6.94. The highest BCUT2D eigenvalue weighted by Crippen LogP contribution is 2.66. The minimum atomic E-state index is -0.185. The Bertz CT molecular complexity index is 1560. The second kappa shape index (κ2) is 10.1. The lowest BCUT2D eigenvalue weighted by atomic mass is 9.81. The van der Waals surface area contributed by atoms with Crippen LogP contribution in [0.3, 0.4) is 0 Å². The van der Waals surface area contributed by atoms with Gasteiger partial charge in [-0.05, 0) is 102 Å². The van der Waals surface area contributed by atoms with Crippen molar-refractivity contribution in [1.82, 2.24) is 9.97 Å². The number of halogens is 1. The molecule has 0 aliphatic heterocycles. The zero-order chi connectivity index (χ0) is 27.3. The van der Waals surface area contributed by atoms with E-state index >= 15 is 0 Å². The predicted octanol–water partition coefficient (Wildman–Crippen LogP) is 9.35. The second-order valence-electron chi connectivity index (χ2n) is 10.7. The van der Waals surface area contributed by atoms with Gasteiger partial charge in [0.15, 0.2) is 5.16 Å². The maximum atomic E-state index is 6.94. The summed E-state index contributed by atoms with van der Waals surface area (Å²) < 4.78 is 6.46. The first-order valence-corrected chi connectivity index (χ1v) is 15.2. The monoisotopic (exact) mass is 552 g/mol. The summed E-state index contributed by atoms with van der Waals surface area (Å²) in [5.74, 6) is 1.12. The van der Waals surface area contributed by atoms with Crippen LogP contribution < -0.4 is 4.74 Å². The van der Waals surface area contributed by atoms with E-state index in [0.29, 0.717) is 18.4 Å². The fraction of sp³-hybridized carbons (Fsp3) is 0.294. The molecule has 3 aliphatic rings. The molecule has 0 N–H and O–H groups in total. The molecule has 1 spiro atoms. The van der Waals surface area contributed by atoms with Crippen LogP contribution in [0.25, 0.3) is 17.2 Å². The number of fused-ring (bicyclic) bond motifs is 2. The Hall–Kier alpha value is -3.08. The number of hydrogen-bond donors (Lipinski definition) is 0. The molecule has 3 nitrogen and oxygen atoms in total.